The van der Waals surface area contributed by atoms with Crippen molar-refractivity contribution in [3.05, 3.63) is 51.3 Å². The van der Waals surface area contributed by atoms with Gasteiger partial charge in [0.05, 0.1) is 10.2 Å². The number of rotatable bonds is 3. The van der Waals surface area contributed by atoms with Crippen LogP contribution < -0.4 is 0 Å². The van der Waals surface area contributed by atoms with Crippen LogP contribution in [0.15, 0.2) is 28.7 Å². The second-order valence-electron chi connectivity index (χ2n) is 7.26. The maximum Gasteiger partial charge on any atom is 0.275 e. The molecule has 2 heterocycles. The summed E-state index contributed by atoms with van der Waals surface area (Å²) in [6.45, 7) is 8.37. The van der Waals surface area contributed by atoms with Crippen LogP contribution in [-0.2, 0) is 0 Å². The predicted molar refractivity (Wildman–Crippen MR) is 108 cm³/mol. The van der Waals surface area contributed by atoms with E-state index < -0.39 is 0 Å². The van der Waals surface area contributed by atoms with Crippen molar-refractivity contribution in [3.63, 3.8) is 0 Å². The summed E-state index contributed by atoms with van der Waals surface area (Å²) in [4.78, 5) is 29.3. The van der Waals surface area contributed by atoms with Gasteiger partial charge in [-0.2, -0.15) is 5.10 Å². The molecular weight excluding hydrogens is 408 g/mol. The molecule has 6 nitrogen and oxygen atoms in total. The number of nitrogens with zero attached hydrogens (tertiary/aromatic N) is 3. The molecule has 0 aliphatic carbocycles. The molecule has 0 atom stereocenters. The van der Waals surface area contributed by atoms with Crippen molar-refractivity contribution in [3.8, 4) is 0 Å². The lowest BCUT2D eigenvalue weighted by Gasteiger charge is -2.22. The number of aromatic nitrogens is 2. The lowest BCUT2D eigenvalue weighted by molar-refractivity contribution is 0.0715. The summed E-state index contributed by atoms with van der Waals surface area (Å²) in [6, 6.07) is 7.63. The van der Waals surface area contributed by atoms with Gasteiger partial charge in [-0.1, -0.05) is 31.5 Å². The van der Waals surface area contributed by atoms with Gasteiger partial charge >= 0.3 is 0 Å². The molecule has 1 saturated heterocycles. The third kappa shape index (κ3) is 4.24. The molecule has 0 bridgehead atoms. The highest BCUT2D eigenvalue weighted by Gasteiger charge is 2.27. The van der Waals surface area contributed by atoms with E-state index in [4.69, 9.17) is 0 Å². The number of benzene rings is 1. The van der Waals surface area contributed by atoms with Crippen LogP contribution in [0.25, 0.3) is 0 Å². The molecule has 144 valence electrons. The van der Waals surface area contributed by atoms with Gasteiger partial charge in [0.1, 0.15) is 0 Å². The van der Waals surface area contributed by atoms with E-state index in [-0.39, 0.29) is 17.7 Å². The fourth-order valence-electron chi connectivity index (χ4n) is 3.30. The normalized spacial score (nSPS) is 15.1. The lowest BCUT2D eigenvalue weighted by atomic mass is 10.1. The van der Waals surface area contributed by atoms with Crippen LogP contribution in [-0.4, -0.2) is 58.0 Å². The van der Waals surface area contributed by atoms with Crippen molar-refractivity contribution in [2.24, 2.45) is 0 Å². The van der Waals surface area contributed by atoms with Gasteiger partial charge in [-0.15, -0.1) is 0 Å². The lowest BCUT2D eigenvalue weighted by Crippen LogP contribution is -2.37. The maximum absolute atomic E-state index is 12.9. The van der Waals surface area contributed by atoms with Crippen LogP contribution >= 0.6 is 15.9 Å². The van der Waals surface area contributed by atoms with Crippen molar-refractivity contribution >= 4 is 27.7 Å². The summed E-state index contributed by atoms with van der Waals surface area (Å²) in [7, 11) is 0. The van der Waals surface area contributed by atoms with Gasteiger partial charge in [-0.05, 0) is 47.3 Å². The standard InChI is InChI=1S/C20H25BrN4O2/c1-13(2)17-16(21)18(23-22-17)20(27)25-9-5-8-24(10-11-25)19(26)15-7-4-6-14(3)12-15/h4,6-7,12-13H,5,8-11H2,1-3H3,(H,22,23). The molecule has 1 N–H and O–H groups in total. The number of aryl methyl sites for hydroxylation is 1. The largest absolute Gasteiger partial charge is 0.337 e. The Labute approximate surface area is 168 Å². The van der Waals surface area contributed by atoms with Gasteiger partial charge in [-0.3, -0.25) is 14.7 Å². The van der Waals surface area contributed by atoms with E-state index in [1.807, 2.05) is 49.9 Å². The molecule has 1 aliphatic rings. The third-order valence-electron chi connectivity index (χ3n) is 4.85. The van der Waals surface area contributed by atoms with E-state index in [0.717, 1.165) is 22.2 Å². The molecule has 7 heteroatoms. The smallest absolute Gasteiger partial charge is 0.275 e. The maximum atomic E-state index is 12.9. The fraction of sp³-hybridized carbons (Fsp3) is 0.450. The van der Waals surface area contributed by atoms with Gasteiger partial charge in [0.2, 0.25) is 0 Å². The van der Waals surface area contributed by atoms with E-state index in [1.165, 1.54) is 0 Å². The third-order valence-corrected chi connectivity index (χ3v) is 5.65. The summed E-state index contributed by atoms with van der Waals surface area (Å²) < 4.78 is 0.736. The van der Waals surface area contributed by atoms with E-state index in [9.17, 15) is 9.59 Å². The van der Waals surface area contributed by atoms with Crippen LogP contribution in [0.3, 0.4) is 0 Å². The zero-order valence-corrected chi connectivity index (χ0v) is 17.5. The average molecular weight is 433 g/mol. The topological polar surface area (TPSA) is 69.3 Å². The Kier molecular flexibility index (Phi) is 5.99. The fourth-order valence-corrected chi connectivity index (χ4v) is 4.10. The SMILES string of the molecule is Cc1cccc(C(=O)N2CCCN(C(=O)c3n[nH]c(C(C)C)c3Br)CC2)c1. The van der Waals surface area contributed by atoms with Gasteiger partial charge < -0.3 is 9.80 Å². The van der Waals surface area contributed by atoms with Crippen molar-refractivity contribution in [2.45, 2.75) is 33.1 Å². The molecule has 1 aromatic heterocycles. The number of halogens is 1. The first-order chi connectivity index (χ1) is 12.9. The number of hydrogen-bond donors (Lipinski definition) is 1. The molecule has 1 aromatic carbocycles. The van der Waals surface area contributed by atoms with Crippen molar-refractivity contribution in [1.29, 1.82) is 0 Å². The van der Waals surface area contributed by atoms with Crippen molar-refractivity contribution in [1.82, 2.24) is 20.0 Å². The van der Waals surface area contributed by atoms with Crippen LogP contribution in [0.1, 0.15) is 58.3 Å². The minimum Gasteiger partial charge on any atom is -0.337 e. The molecule has 1 fully saturated rings. The highest BCUT2D eigenvalue weighted by Crippen LogP contribution is 2.26. The van der Waals surface area contributed by atoms with E-state index in [0.29, 0.717) is 37.4 Å². The zero-order chi connectivity index (χ0) is 19.6. The Morgan fingerprint density at radius 3 is 2.37 bits per heavy atom. The van der Waals surface area contributed by atoms with E-state index in [2.05, 4.69) is 26.1 Å². The van der Waals surface area contributed by atoms with Crippen LogP contribution in [0, 0.1) is 6.92 Å². The molecule has 1 aliphatic heterocycles. The van der Waals surface area contributed by atoms with Gasteiger partial charge in [-0.25, -0.2) is 0 Å². The molecule has 2 aromatic rings. The molecule has 0 saturated carbocycles. The second-order valence-corrected chi connectivity index (χ2v) is 8.06. The molecular formula is C20H25BrN4O2. The number of H-pyrrole nitrogens is 1. The highest BCUT2D eigenvalue weighted by atomic mass is 79.9. The monoisotopic (exact) mass is 432 g/mol. The minimum absolute atomic E-state index is 0.0241. The van der Waals surface area contributed by atoms with Crippen molar-refractivity contribution < 1.29 is 9.59 Å². The van der Waals surface area contributed by atoms with Crippen molar-refractivity contribution in [2.75, 3.05) is 26.2 Å². The first-order valence-electron chi connectivity index (χ1n) is 9.27. The second kappa shape index (κ2) is 8.25. The van der Waals surface area contributed by atoms with Gasteiger partial charge in [0.15, 0.2) is 5.69 Å². The van der Waals surface area contributed by atoms with Gasteiger partial charge in [0.25, 0.3) is 11.8 Å². The zero-order valence-electron chi connectivity index (χ0n) is 16.0. The first kappa shape index (κ1) is 19.6. The number of aromatic amines is 1. The summed E-state index contributed by atoms with van der Waals surface area (Å²) in [5.41, 5.74) is 3.10. The Balaban J connectivity index is 1.69. The molecule has 27 heavy (non-hydrogen) atoms. The predicted octanol–water partition coefficient (Wildman–Crippen LogP) is 3.59. The Morgan fingerprint density at radius 1 is 1.11 bits per heavy atom. The molecule has 2 amide bonds. The number of amides is 2. The van der Waals surface area contributed by atoms with Crippen LogP contribution in [0.2, 0.25) is 0 Å². The van der Waals surface area contributed by atoms with E-state index >= 15 is 0 Å². The van der Waals surface area contributed by atoms with Crippen LogP contribution in [0.5, 0.6) is 0 Å². The number of nitrogens with one attached hydrogen (secondary N) is 1. The van der Waals surface area contributed by atoms with E-state index in [1.54, 1.807) is 4.90 Å². The first-order valence-corrected chi connectivity index (χ1v) is 10.1. The molecule has 0 spiro atoms. The Hall–Kier alpha value is -2.15. The minimum atomic E-state index is -0.102. The summed E-state index contributed by atoms with van der Waals surface area (Å²) >= 11 is 3.51. The number of carbonyl (C=O) groups is 2. The highest BCUT2D eigenvalue weighted by molar-refractivity contribution is 9.10. The quantitative estimate of drug-likeness (QED) is 0.805. The number of carbonyl (C=O) groups excluding carboxylic acids is 2. The molecule has 0 radical (unpaired) electrons. The summed E-state index contributed by atoms with van der Waals surface area (Å²) in [5.74, 6) is 0.172. The summed E-state index contributed by atoms with van der Waals surface area (Å²) in [6.07, 6.45) is 0.752. The Bertz CT molecular complexity index is 846. The number of hydrogen-bond acceptors (Lipinski definition) is 3. The van der Waals surface area contributed by atoms with Gasteiger partial charge in [0, 0.05) is 31.7 Å². The summed E-state index contributed by atoms with van der Waals surface area (Å²) in [5, 5.41) is 7.16. The van der Waals surface area contributed by atoms with Crippen LogP contribution in [0.4, 0.5) is 0 Å². The molecule has 0 unspecified atom stereocenters. The molecule has 3 rings (SSSR count). The average Bonchev–Trinajstić information content (AvgIpc) is 2.87. The Morgan fingerprint density at radius 2 is 1.78 bits per heavy atom.